The average molecular weight is 290 g/mol. The zero-order chi connectivity index (χ0) is 13.6. The van der Waals surface area contributed by atoms with Crippen molar-refractivity contribution in [3.8, 4) is 0 Å². The number of hydrogen-bond donors (Lipinski definition) is 1. The molecule has 0 bridgehead atoms. The summed E-state index contributed by atoms with van der Waals surface area (Å²) in [6, 6.07) is 8.41. The first kappa shape index (κ1) is 13.2. The van der Waals surface area contributed by atoms with Crippen LogP contribution < -0.4 is 0 Å². The van der Waals surface area contributed by atoms with Gasteiger partial charge in [-0.3, -0.25) is 0 Å². The first-order chi connectivity index (χ1) is 9.77. The highest BCUT2D eigenvalue weighted by molar-refractivity contribution is 7.99. The molecule has 1 aromatic rings. The monoisotopic (exact) mass is 290 g/mol. The van der Waals surface area contributed by atoms with Crippen LogP contribution in [-0.2, 0) is 11.2 Å². The highest BCUT2D eigenvalue weighted by Gasteiger charge is 2.45. The second-order valence-electron chi connectivity index (χ2n) is 6.60. The summed E-state index contributed by atoms with van der Waals surface area (Å²) in [5.41, 5.74) is 2.65. The number of rotatable bonds is 1. The Labute approximate surface area is 124 Å². The van der Waals surface area contributed by atoms with Gasteiger partial charge in [0.1, 0.15) is 0 Å². The Hall–Kier alpha value is -0.510. The Morgan fingerprint density at radius 3 is 3.00 bits per heavy atom. The van der Waals surface area contributed by atoms with Gasteiger partial charge in [-0.2, -0.15) is 11.8 Å². The van der Waals surface area contributed by atoms with Gasteiger partial charge < -0.3 is 9.84 Å². The smallest absolute Gasteiger partial charge is 0.0826 e. The summed E-state index contributed by atoms with van der Waals surface area (Å²) < 4.78 is 6.13. The molecule has 2 saturated heterocycles. The van der Waals surface area contributed by atoms with Crippen molar-refractivity contribution < 1.29 is 9.84 Å². The summed E-state index contributed by atoms with van der Waals surface area (Å²) in [5.74, 6) is 3.41. The lowest BCUT2D eigenvalue weighted by molar-refractivity contribution is -0.0980. The van der Waals surface area contributed by atoms with Crippen LogP contribution in [0.1, 0.15) is 36.5 Å². The maximum Gasteiger partial charge on any atom is 0.0826 e. The molecule has 0 radical (unpaired) electrons. The zero-order valence-corrected chi connectivity index (χ0v) is 12.6. The Balaban J connectivity index is 1.54. The molecule has 4 atom stereocenters. The van der Waals surface area contributed by atoms with Crippen molar-refractivity contribution in [1.82, 2.24) is 0 Å². The van der Waals surface area contributed by atoms with E-state index in [9.17, 15) is 5.11 Å². The standard InChI is InChI=1S/C17H22O2S/c18-16-14-4-2-1-3-12(14)9-15(16)13-5-7-19-17(10-13)6-8-20-11-17/h1-4,13,15-16,18H,5-11H2. The zero-order valence-electron chi connectivity index (χ0n) is 11.8. The van der Waals surface area contributed by atoms with Crippen LogP contribution in [0.15, 0.2) is 24.3 Å². The van der Waals surface area contributed by atoms with E-state index >= 15 is 0 Å². The molecule has 2 aliphatic heterocycles. The molecule has 2 fully saturated rings. The molecule has 4 rings (SSSR count). The summed E-state index contributed by atoms with van der Waals surface area (Å²) in [5, 5.41) is 10.7. The van der Waals surface area contributed by atoms with E-state index in [-0.39, 0.29) is 11.7 Å². The molecule has 3 aliphatic rings. The fourth-order valence-corrected chi connectivity index (χ4v) is 5.70. The molecule has 3 heteroatoms. The van der Waals surface area contributed by atoms with Crippen LogP contribution in [0.25, 0.3) is 0 Å². The van der Waals surface area contributed by atoms with E-state index in [1.807, 2.05) is 17.8 Å². The molecule has 1 aromatic carbocycles. The summed E-state index contributed by atoms with van der Waals surface area (Å²) in [6.45, 7) is 0.880. The molecular formula is C17H22O2S. The number of aliphatic hydroxyl groups excluding tert-OH is 1. The van der Waals surface area contributed by atoms with Gasteiger partial charge in [0.25, 0.3) is 0 Å². The van der Waals surface area contributed by atoms with E-state index in [0.29, 0.717) is 11.8 Å². The van der Waals surface area contributed by atoms with E-state index in [4.69, 9.17) is 4.74 Å². The number of thioether (sulfide) groups is 1. The number of fused-ring (bicyclic) bond motifs is 1. The second-order valence-corrected chi connectivity index (χ2v) is 7.70. The van der Waals surface area contributed by atoms with Gasteiger partial charge in [0.15, 0.2) is 0 Å². The number of hydrogen-bond acceptors (Lipinski definition) is 3. The van der Waals surface area contributed by atoms with Gasteiger partial charge in [0.05, 0.1) is 11.7 Å². The molecule has 0 amide bonds. The lowest BCUT2D eigenvalue weighted by atomic mass is 9.76. The summed E-state index contributed by atoms with van der Waals surface area (Å²) in [4.78, 5) is 0. The SMILES string of the molecule is OC1c2ccccc2CC1C1CCOC2(CCSC2)C1. The van der Waals surface area contributed by atoms with Crippen molar-refractivity contribution in [2.45, 2.75) is 37.4 Å². The van der Waals surface area contributed by atoms with Crippen LogP contribution in [0.4, 0.5) is 0 Å². The van der Waals surface area contributed by atoms with Crippen molar-refractivity contribution in [2.75, 3.05) is 18.1 Å². The third kappa shape index (κ3) is 2.11. The van der Waals surface area contributed by atoms with Gasteiger partial charge >= 0.3 is 0 Å². The fraction of sp³-hybridized carbons (Fsp3) is 0.647. The number of benzene rings is 1. The van der Waals surface area contributed by atoms with Crippen molar-refractivity contribution in [3.05, 3.63) is 35.4 Å². The van der Waals surface area contributed by atoms with Crippen LogP contribution in [0.3, 0.4) is 0 Å². The molecule has 108 valence electrons. The van der Waals surface area contributed by atoms with Gasteiger partial charge in [0, 0.05) is 12.4 Å². The van der Waals surface area contributed by atoms with E-state index in [1.54, 1.807) is 0 Å². The van der Waals surface area contributed by atoms with Crippen molar-refractivity contribution in [1.29, 1.82) is 0 Å². The van der Waals surface area contributed by atoms with E-state index < -0.39 is 0 Å². The Kier molecular flexibility index (Phi) is 3.32. The summed E-state index contributed by atoms with van der Waals surface area (Å²) >= 11 is 2.02. The average Bonchev–Trinajstić information content (AvgIpc) is 3.05. The van der Waals surface area contributed by atoms with Gasteiger partial charge in [-0.1, -0.05) is 24.3 Å². The van der Waals surface area contributed by atoms with Crippen molar-refractivity contribution in [2.24, 2.45) is 11.8 Å². The number of aliphatic hydroxyl groups is 1. The first-order valence-electron chi connectivity index (χ1n) is 7.75. The normalized spacial score (nSPS) is 40.1. The second kappa shape index (κ2) is 5.04. The molecule has 2 nitrogen and oxygen atoms in total. The molecule has 1 N–H and O–H groups in total. The van der Waals surface area contributed by atoms with Crippen LogP contribution in [0, 0.1) is 11.8 Å². The quantitative estimate of drug-likeness (QED) is 0.861. The molecule has 20 heavy (non-hydrogen) atoms. The first-order valence-corrected chi connectivity index (χ1v) is 8.90. The largest absolute Gasteiger partial charge is 0.388 e. The van der Waals surface area contributed by atoms with Gasteiger partial charge in [0.2, 0.25) is 0 Å². The molecule has 0 saturated carbocycles. The summed E-state index contributed by atoms with van der Waals surface area (Å²) in [7, 11) is 0. The van der Waals surface area contributed by atoms with Crippen molar-refractivity contribution >= 4 is 11.8 Å². The maximum atomic E-state index is 10.7. The third-order valence-corrected chi connectivity index (χ3v) is 6.66. The lowest BCUT2D eigenvalue weighted by Crippen LogP contribution is -2.42. The van der Waals surface area contributed by atoms with Crippen LogP contribution in [0.2, 0.25) is 0 Å². The predicted octanol–water partition coefficient (Wildman–Crippen LogP) is 3.19. The topological polar surface area (TPSA) is 29.5 Å². The van der Waals surface area contributed by atoms with Crippen LogP contribution in [-0.4, -0.2) is 28.8 Å². The lowest BCUT2D eigenvalue weighted by Gasteiger charge is -2.40. The molecule has 1 aliphatic carbocycles. The minimum Gasteiger partial charge on any atom is -0.388 e. The highest BCUT2D eigenvalue weighted by atomic mass is 32.2. The van der Waals surface area contributed by atoms with Crippen molar-refractivity contribution in [3.63, 3.8) is 0 Å². The van der Waals surface area contributed by atoms with Gasteiger partial charge in [-0.15, -0.1) is 0 Å². The Morgan fingerprint density at radius 2 is 2.20 bits per heavy atom. The van der Waals surface area contributed by atoms with Gasteiger partial charge in [-0.05, 0) is 54.4 Å². The highest BCUT2D eigenvalue weighted by Crippen LogP contribution is 2.48. The van der Waals surface area contributed by atoms with Gasteiger partial charge in [-0.25, -0.2) is 0 Å². The van der Waals surface area contributed by atoms with E-state index in [2.05, 4.69) is 18.2 Å². The Bertz CT molecular complexity index is 496. The Morgan fingerprint density at radius 1 is 1.30 bits per heavy atom. The molecule has 0 aromatic heterocycles. The van der Waals surface area contributed by atoms with E-state index in [0.717, 1.165) is 31.6 Å². The molecule has 4 unspecified atom stereocenters. The van der Waals surface area contributed by atoms with Crippen LogP contribution in [0.5, 0.6) is 0 Å². The minimum atomic E-state index is -0.264. The molecule has 1 spiro atoms. The van der Waals surface area contributed by atoms with Crippen LogP contribution >= 0.6 is 11.8 Å². The molecular weight excluding hydrogens is 268 g/mol. The summed E-state index contributed by atoms with van der Waals surface area (Å²) in [6.07, 6.45) is 4.24. The predicted molar refractivity (Wildman–Crippen MR) is 81.9 cm³/mol. The van der Waals surface area contributed by atoms with E-state index in [1.165, 1.54) is 23.3 Å². The maximum absolute atomic E-state index is 10.7. The third-order valence-electron chi connectivity index (χ3n) is 5.44. The number of ether oxygens (including phenoxy) is 1. The fourth-order valence-electron chi connectivity index (χ4n) is 4.32. The molecule has 2 heterocycles. The minimum absolute atomic E-state index is 0.127.